The minimum absolute atomic E-state index is 0.0521. The maximum absolute atomic E-state index is 10.8. The Morgan fingerprint density at radius 1 is 1.62 bits per heavy atom. The molecule has 0 spiro atoms. The number of carbonyl (C=O) groups is 1. The first-order chi connectivity index (χ1) is 5.96. The van der Waals surface area contributed by atoms with Crippen LogP contribution in [0.3, 0.4) is 0 Å². The summed E-state index contributed by atoms with van der Waals surface area (Å²) in [6.07, 6.45) is 1.96. The molecule has 13 heavy (non-hydrogen) atoms. The number of rotatable bonds is 5. The SMILES string of the molecule is CC(C)(CO)NC(C(=O)O)C1CC1. The molecule has 1 unspecified atom stereocenters. The molecule has 0 bridgehead atoms. The van der Waals surface area contributed by atoms with Gasteiger partial charge < -0.3 is 10.2 Å². The summed E-state index contributed by atoms with van der Waals surface area (Å²) in [5, 5.41) is 20.8. The van der Waals surface area contributed by atoms with Crippen LogP contribution in [0, 0.1) is 5.92 Å². The Balaban J connectivity index is 2.51. The second-order valence-corrected chi connectivity index (χ2v) is 4.34. The fourth-order valence-corrected chi connectivity index (χ4v) is 1.28. The van der Waals surface area contributed by atoms with E-state index in [4.69, 9.17) is 10.2 Å². The molecule has 1 aliphatic carbocycles. The summed E-state index contributed by atoms with van der Waals surface area (Å²) in [7, 11) is 0. The lowest BCUT2D eigenvalue weighted by Crippen LogP contribution is -2.52. The second kappa shape index (κ2) is 3.64. The fraction of sp³-hybridized carbons (Fsp3) is 0.889. The quantitative estimate of drug-likeness (QED) is 0.575. The standard InChI is InChI=1S/C9H17NO3/c1-9(2,5-11)10-7(8(12)13)6-3-4-6/h6-7,10-11H,3-5H2,1-2H3,(H,12,13). The van der Waals surface area contributed by atoms with E-state index in [9.17, 15) is 4.79 Å². The third-order valence-corrected chi connectivity index (χ3v) is 2.30. The van der Waals surface area contributed by atoms with Crippen LogP contribution in [-0.4, -0.2) is 34.4 Å². The topological polar surface area (TPSA) is 69.6 Å². The Morgan fingerprint density at radius 3 is 2.46 bits per heavy atom. The molecule has 0 aromatic carbocycles. The van der Waals surface area contributed by atoms with Crippen molar-refractivity contribution in [2.24, 2.45) is 5.92 Å². The van der Waals surface area contributed by atoms with E-state index in [1.807, 2.05) is 0 Å². The van der Waals surface area contributed by atoms with Gasteiger partial charge in [0.2, 0.25) is 0 Å². The minimum atomic E-state index is -0.816. The zero-order chi connectivity index (χ0) is 10.1. The van der Waals surface area contributed by atoms with Gasteiger partial charge in [-0.3, -0.25) is 10.1 Å². The van der Waals surface area contributed by atoms with Gasteiger partial charge in [0.25, 0.3) is 0 Å². The van der Waals surface area contributed by atoms with Gasteiger partial charge in [0.05, 0.1) is 6.61 Å². The van der Waals surface area contributed by atoms with Crippen molar-refractivity contribution in [2.75, 3.05) is 6.61 Å². The highest BCUT2D eigenvalue weighted by atomic mass is 16.4. The highest BCUT2D eigenvalue weighted by Crippen LogP contribution is 2.33. The van der Waals surface area contributed by atoms with E-state index >= 15 is 0 Å². The van der Waals surface area contributed by atoms with Crippen molar-refractivity contribution in [3.8, 4) is 0 Å². The molecule has 1 aliphatic rings. The number of carboxylic acid groups (broad SMARTS) is 1. The van der Waals surface area contributed by atoms with Gasteiger partial charge in [-0.2, -0.15) is 0 Å². The summed E-state index contributed by atoms with van der Waals surface area (Å²) in [5.74, 6) is -0.563. The summed E-state index contributed by atoms with van der Waals surface area (Å²) in [6, 6.07) is -0.498. The summed E-state index contributed by atoms with van der Waals surface area (Å²) < 4.78 is 0. The van der Waals surface area contributed by atoms with E-state index < -0.39 is 17.6 Å². The molecule has 0 saturated heterocycles. The maximum Gasteiger partial charge on any atom is 0.320 e. The van der Waals surface area contributed by atoms with Gasteiger partial charge in [-0.15, -0.1) is 0 Å². The van der Waals surface area contributed by atoms with Crippen LogP contribution in [0.5, 0.6) is 0 Å². The Kier molecular flexibility index (Phi) is 2.93. The first-order valence-corrected chi connectivity index (χ1v) is 4.57. The lowest BCUT2D eigenvalue weighted by molar-refractivity contribution is -0.140. The number of hydrogen-bond acceptors (Lipinski definition) is 3. The molecule has 1 saturated carbocycles. The molecule has 0 aromatic heterocycles. The number of aliphatic hydroxyl groups excluding tert-OH is 1. The molecule has 3 N–H and O–H groups in total. The number of aliphatic carboxylic acids is 1. The van der Waals surface area contributed by atoms with Gasteiger partial charge >= 0.3 is 5.97 Å². The molecule has 4 nitrogen and oxygen atoms in total. The van der Waals surface area contributed by atoms with Gasteiger partial charge in [-0.1, -0.05) is 0 Å². The van der Waals surface area contributed by atoms with Crippen molar-refractivity contribution in [1.82, 2.24) is 5.32 Å². The van der Waals surface area contributed by atoms with Crippen molar-refractivity contribution < 1.29 is 15.0 Å². The first kappa shape index (κ1) is 10.5. The first-order valence-electron chi connectivity index (χ1n) is 4.57. The van der Waals surface area contributed by atoms with E-state index in [1.54, 1.807) is 13.8 Å². The molecule has 0 aliphatic heterocycles. The smallest absolute Gasteiger partial charge is 0.320 e. The summed E-state index contributed by atoms with van der Waals surface area (Å²) in [6.45, 7) is 3.54. The lowest BCUT2D eigenvalue weighted by atomic mass is 10.0. The molecular weight excluding hydrogens is 170 g/mol. The van der Waals surface area contributed by atoms with Crippen molar-refractivity contribution in [3.05, 3.63) is 0 Å². The fourth-order valence-electron chi connectivity index (χ4n) is 1.28. The predicted octanol–water partition coefficient (Wildman–Crippen LogP) is 0.210. The van der Waals surface area contributed by atoms with Gasteiger partial charge in [0.1, 0.15) is 6.04 Å². The Hall–Kier alpha value is -0.610. The average molecular weight is 187 g/mol. The Morgan fingerprint density at radius 2 is 2.15 bits per heavy atom. The van der Waals surface area contributed by atoms with Crippen LogP contribution in [0.4, 0.5) is 0 Å². The van der Waals surface area contributed by atoms with Crippen molar-refractivity contribution >= 4 is 5.97 Å². The van der Waals surface area contributed by atoms with Crippen LogP contribution in [0.25, 0.3) is 0 Å². The van der Waals surface area contributed by atoms with Crippen molar-refractivity contribution in [3.63, 3.8) is 0 Å². The zero-order valence-corrected chi connectivity index (χ0v) is 8.08. The van der Waals surface area contributed by atoms with Crippen LogP contribution in [0.1, 0.15) is 26.7 Å². The molecule has 0 aromatic rings. The van der Waals surface area contributed by atoms with E-state index in [0.29, 0.717) is 0 Å². The number of nitrogens with one attached hydrogen (secondary N) is 1. The summed E-state index contributed by atoms with van der Waals surface area (Å²) in [4.78, 5) is 10.8. The van der Waals surface area contributed by atoms with Crippen molar-refractivity contribution in [2.45, 2.75) is 38.3 Å². The lowest BCUT2D eigenvalue weighted by Gasteiger charge is -2.28. The molecule has 0 heterocycles. The largest absolute Gasteiger partial charge is 0.480 e. The molecule has 76 valence electrons. The van der Waals surface area contributed by atoms with Gasteiger partial charge in [-0.25, -0.2) is 0 Å². The third-order valence-electron chi connectivity index (χ3n) is 2.30. The van der Waals surface area contributed by atoms with E-state index in [-0.39, 0.29) is 12.5 Å². The zero-order valence-electron chi connectivity index (χ0n) is 8.08. The molecule has 4 heteroatoms. The van der Waals surface area contributed by atoms with E-state index in [1.165, 1.54) is 0 Å². The normalized spacial score (nSPS) is 19.9. The van der Waals surface area contributed by atoms with Crippen LogP contribution >= 0.6 is 0 Å². The Labute approximate surface area is 78.0 Å². The number of carboxylic acids is 1. The summed E-state index contributed by atoms with van der Waals surface area (Å²) in [5.41, 5.74) is -0.508. The minimum Gasteiger partial charge on any atom is -0.480 e. The van der Waals surface area contributed by atoms with Crippen LogP contribution in [-0.2, 0) is 4.79 Å². The van der Waals surface area contributed by atoms with Gasteiger partial charge in [-0.05, 0) is 32.6 Å². The molecule has 1 atom stereocenters. The highest BCUT2D eigenvalue weighted by molar-refractivity contribution is 5.74. The van der Waals surface area contributed by atoms with Crippen LogP contribution in [0.2, 0.25) is 0 Å². The van der Waals surface area contributed by atoms with E-state index in [2.05, 4.69) is 5.32 Å². The van der Waals surface area contributed by atoms with Gasteiger partial charge in [0.15, 0.2) is 0 Å². The van der Waals surface area contributed by atoms with Crippen LogP contribution in [0.15, 0.2) is 0 Å². The second-order valence-electron chi connectivity index (χ2n) is 4.34. The molecule has 0 amide bonds. The molecule has 1 rings (SSSR count). The molecule has 0 radical (unpaired) electrons. The highest BCUT2D eigenvalue weighted by Gasteiger charge is 2.38. The monoisotopic (exact) mass is 187 g/mol. The Bertz CT molecular complexity index is 199. The molecular formula is C9H17NO3. The van der Waals surface area contributed by atoms with E-state index in [0.717, 1.165) is 12.8 Å². The van der Waals surface area contributed by atoms with Crippen LogP contribution < -0.4 is 5.32 Å². The predicted molar refractivity (Wildman–Crippen MR) is 48.4 cm³/mol. The molecule has 1 fully saturated rings. The van der Waals surface area contributed by atoms with Gasteiger partial charge in [0, 0.05) is 5.54 Å². The van der Waals surface area contributed by atoms with Crippen molar-refractivity contribution in [1.29, 1.82) is 0 Å². The number of hydrogen-bond donors (Lipinski definition) is 3. The summed E-state index contributed by atoms with van der Waals surface area (Å²) >= 11 is 0. The average Bonchev–Trinajstić information content (AvgIpc) is 2.82. The maximum atomic E-state index is 10.8. The number of aliphatic hydroxyl groups is 1. The third kappa shape index (κ3) is 2.97.